The predicted molar refractivity (Wildman–Crippen MR) is 75.4 cm³/mol. The van der Waals surface area contributed by atoms with Gasteiger partial charge < -0.3 is 9.47 Å². The van der Waals surface area contributed by atoms with Crippen LogP contribution in [0.3, 0.4) is 0 Å². The van der Waals surface area contributed by atoms with Gasteiger partial charge in [-0.15, -0.1) is 0 Å². The molecule has 0 radical (unpaired) electrons. The maximum Gasteiger partial charge on any atom is 0.122 e. The molecule has 0 bridgehead atoms. The van der Waals surface area contributed by atoms with Gasteiger partial charge in [-0.2, -0.15) is 0 Å². The number of hydrogen-bond acceptors (Lipinski definition) is 3. The maximum absolute atomic E-state index is 5.91. The van der Waals surface area contributed by atoms with Crippen molar-refractivity contribution in [2.75, 3.05) is 26.8 Å². The van der Waals surface area contributed by atoms with Crippen LogP contribution in [0.15, 0.2) is 24.3 Å². The first-order valence-electron chi connectivity index (χ1n) is 7.33. The fourth-order valence-corrected chi connectivity index (χ4v) is 3.60. The average molecular weight is 261 g/mol. The zero-order chi connectivity index (χ0) is 13.2. The van der Waals surface area contributed by atoms with Gasteiger partial charge in [-0.05, 0) is 18.9 Å². The highest BCUT2D eigenvalue weighted by atomic mass is 16.5. The van der Waals surface area contributed by atoms with Crippen molar-refractivity contribution < 1.29 is 9.47 Å². The summed E-state index contributed by atoms with van der Waals surface area (Å²) < 4.78 is 11.8. The van der Waals surface area contributed by atoms with Gasteiger partial charge in [-0.1, -0.05) is 25.1 Å². The fraction of sp³-hybridized carbons (Fsp3) is 0.625. The van der Waals surface area contributed by atoms with Crippen LogP contribution < -0.4 is 4.74 Å². The molecule has 0 aliphatic carbocycles. The van der Waals surface area contributed by atoms with E-state index in [-0.39, 0.29) is 6.23 Å². The van der Waals surface area contributed by atoms with E-state index in [0.29, 0.717) is 11.8 Å². The Labute approximate surface area is 115 Å². The normalized spacial score (nSPS) is 30.3. The minimum Gasteiger partial charge on any atom is -0.493 e. The molecule has 1 unspecified atom stereocenters. The number of ether oxygens (including phenoxy) is 2. The fourth-order valence-electron chi connectivity index (χ4n) is 3.60. The Morgan fingerprint density at radius 3 is 3.00 bits per heavy atom. The van der Waals surface area contributed by atoms with Crippen molar-refractivity contribution in [2.45, 2.75) is 31.9 Å². The van der Waals surface area contributed by atoms with Crippen molar-refractivity contribution in [2.24, 2.45) is 5.92 Å². The molecule has 0 N–H and O–H groups in total. The largest absolute Gasteiger partial charge is 0.493 e. The van der Waals surface area contributed by atoms with Crippen molar-refractivity contribution in [3.63, 3.8) is 0 Å². The number of benzene rings is 1. The summed E-state index contributed by atoms with van der Waals surface area (Å²) in [4.78, 5) is 2.49. The van der Waals surface area contributed by atoms with Crippen LogP contribution in [0.25, 0.3) is 0 Å². The summed E-state index contributed by atoms with van der Waals surface area (Å²) in [5.74, 6) is 2.09. The van der Waals surface area contributed by atoms with Crippen molar-refractivity contribution in [1.82, 2.24) is 4.90 Å². The number of para-hydroxylation sites is 1. The van der Waals surface area contributed by atoms with E-state index in [9.17, 15) is 0 Å². The summed E-state index contributed by atoms with van der Waals surface area (Å²) in [6.07, 6.45) is 2.58. The molecule has 1 aromatic carbocycles. The Morgan fingerprint density at radius 1 is 1.37 bits per heavy atom. The van der Waals surface area contributed by atoms with Crippen molar-refractivity contribution in [3.05, 3.63) is 29.8 Å². The summed E-state index contributed by atoms with van der Waals surface area (Å²) in [5, 5.41) is 0. The third kappa shape index (κ3) is 2.26. The number of hydrogen-bond donors (Lipinski definition) is 0. The van der Waals surface area contributed by atoms with Crippen LogP contribution in [0.2, 0.25) is 0 Å². The second kappa shape index (κ2) is 5.51. The van der Waals surface area contributed by atoms with E-state index < -0.39 is 0 Å². The molecular formula is C16H23NO2. The Balaban J connectivity index is 1.93. The van der Waals surface area contributed by atoms with Gasteiger partial charge in [0.1, 0.15) is 12.0 Å². The molecule has 1 fully saturated rings. The summed E-state index contributed by atoms with van der Waals surface area (Å²) in [6, 6.07) is 8.44. The topological polar surface area (TPSA) is 21.7 Å². The van der Waals surface area contributed by atoms with Gasteiger partial charge >= 0.3 is 0 Å². The second-order valence-corrected chi connectivity index (χ2v) is 5.59. The van der Waals surface area contributed by atoms with Gasteiger partial charge in [0.2, 0.25) is 0 Å². The first-order chi connectivity index (χ1) is 9.35. The van der Waals surface area contributed by atoms with E-state index in [4.69, 9.17) is 9.47 Å². The molecule has 2 heterocycles. The summed E-state index contributed by atoms with van der Waals surface area (Å²) in [5.41, 5.74) is 1.33. The zero-order valence-corrected chi connectivity index (χ0v) is 11.8. The smallest absolute Gasteiger partial charge is 0.122 e. The molecule has 0 spiro atoms. The van der Waals surface area contributed by atoms with Gasteiger partial charge in [-0.3, -0.25) is 4.90 Å². The van der Waals surface area contributed by atoms with Gasteiger partial charge in [-0.25, -0.2) is 0 Å². The lowest BCUT2D eigenvalue weighted by Crippen LogP contribution is -2.51. The number of likely N-dealkylation sites (tertiary alicyclic amines) is 1. The Bertz CT molecular complexity index is 435. The van der Waals surface area contributed by atoms with E-state index in [1.807, 2.05) is 13.2 Å². The van der Waals surface area contributed by atoms with Crippen molar-refractivity contribution in [3.8, 4) is 5.75 Å². The van der Waals surface area contributed by atoms with E-state index in [0.717, 1.165) is 25.4 Å². The molecule has 3 atom stereocenters. The highest BCUT2D eigenvalue weighted by molar-refractivity contribution is 5.39. The molecular weight excluding hydrogens is 238 g/mol. The lowest BCUT2D eigenvalue weighted by Gasteiger charge is -2.47. The van der Waals surface area contributed by atoms with Gasteiger partial charge in [0.15, 0.2) is 0 Å². The highest BCUT2D eigenvalue weighted by Crippen LogP contribution is 2.44. The average Bonchev–Trinajstić information content (AvgIpc) is 2.47. The molecule has 0 aromatic heterocycles. The quantitative estimate of drug-likeness (QED) is 0.835. The van der Waals surface area contributed by atoms with Crippen LogP contribution in [0, 0.1) is 5.92 Å². The molecule has 2 aliphatic rings. The molecule has 3 heteroatoms. The molecule has 19 heavy (non-hydrogen) atoms. The first-order valence-corrected chi connectivity index (χ1v) is 7.33. The summed E-state index contributed by atoms with van der Waals surface area (Å²) >= 11 is 0. The Kier molecular flexibility index (Phi) is 3.76. The number of rotatable bonds is 3. The first kappa shape index (κ1) is 12.9. The van der Waals surface area contributed by atoms with Crippen LogP contribution in [0.5, 0.6) is 5.75 Å². The van der Waals surface area contributed by atoms with E-state index >= 15 is 0 Å². The molecule has 0 amide bonds. The number of fused-ring (bicyclic) bond motifs is 3. The highest BCUT2D eigenvalue weighted by Gasteiger charge is 2.42. The number of piperidine rings is 1. The third-order valence-corrected chi connectivity index (χ3v) is 4.45. The molecule has 104 valence electrons. The lowest BCUT2D eigenvalue weighted by molar-refractivity contribution is -0.0980. The minimum absolute atomic E-state index is 0.198. The van der Waals surface area contributed by atoms with Crippen LogP contribution in [0.4, 0.5) is 0 Å². The van der Waals surface area contributed by atoms with Crippen LogP contribution in [-0.2, 0) is 4.74 Å². The van der Waals surface area contributed by atoms with Gasteiger partial charge in [0.05, 0.1) is 6.61 Å². The van der Waals surface area contributed by atoms with Crippen LogP contribution in [0.1, 0.15) is 31.2 Å². The molecule has 3 rings (SSSR count). The molecule has 0 saturated carbocycles. The monoisotopic (exact) mass is 261 g/mol. The number of methoxy groups -OCH3 is 1. The van der Waals surface area contributed by atoms with Crippen LogP contribution in [-0.4, -0.2) is 37.9 Å². The van der Waals surface area contributed by atoms with Crippen molar-refractivity contribution in [1.29, 1.82) is 0 Å². The van der Waals surface area contributed by atoms with Gasteiger partial charge in [0.25, 0.3) is 0 Å². The zero-order valence-electron chi connectivity index (χ0n) is 11.8. The predicted octanol–water partition coefficient (Wildman–Crippen LogP) is 2.87. The van der Waals surface area contributed by atoms with Crippen molar-refractivity contribution >= 4 is 0 Å². The second-order valence-electron chi connectivity index (χ2n) is 5.59. The van der Waals surface area contributed by atoms with Crippen LogP contribution >= 0.6 is 0 Å². The minimum atomic E-state index is 0.198. The summed E-state index contributed by atoms with van der Waals surface area (Å²) in [6.45, 7) is 5.31. The Hall–Kier alpha value is -1.06. The van der Waals surface area contributed by atoms with E-state index in [1.165, 1.54) is 18.4 Å². The third-order valence-electron chi connectivity index (χ3n) is 4.45. The molecule has 1 aromatic rings. The molecule has 3 nitrogen and oxygen atoms in total. The van der Waals surface area contributed by atoms with E-state index in [1.54, 1.807) is 0 Å². The summed E-state index contributed by atoms with van der Waals surface area (Å²) in [7, 11) is 1.84. The molecule has 1 saturated heterocycles. The molecule has 2 aliphatic heterocycles. The SMILES string of the molecule is CCCN1CC[C@H]2COc3ccccc3[C@H]2C1OC. The number of nitrogens with zero attached hydrogens (tertiary/aromatic N) is 1. The Morgan fingerprint density at radius 2 is 2.21 bits per heavy atom. The standard InChI is InChI=1S/C16H23NO2/c1-3-9-17-10-8-12-11-19-14-7-5-4-6-13(14)15(12)16(17)18-2/h4-7,12,15-16H,3,8-11H2,1-2H3/t12-,15-,16?/m0/s1. The lowest BCUT2D eigenvalue weighted by atomic mass is 9.77. The van der Waals surface area contributed by atoms with Gasteiger partial charge in [0, 0.05) is 37.6 Å². The maximum atomic E-state index is 5.91. The van der Waals surface area contributed by atoms with E-state index in [2.05, 4.69) is 30.0 Å².